The Morgan fingerprint density at radius 1 is 0.914 bits per heavy atom. The highest BCUT2D eigenvalue weighted by atomic mass is 35.5. The van der Waals surface area contributed by atoms with Crippen molar-refractivity contribution in [2.75, 3.05) is 20.3 Å². The molecule has 6 nitrogen and oxygen atoms in total. The number of thioether (sulfide) groups is 1. The molecule has 1 fully saturated rings. The lowest BCUT2D eigenvalue weighted by atomic mass is 10.1. The lowest BCUT2D eigenvalue weighted by Gasteiger charge is -2.14. The maximum absolute atomic E-state index is 12.8. The summed E-state index contributed by atoms with van der Waals surface area (Å²) in [5.74, 6) is 1.19. The molecule has 4 rings (SSSR count). The standard InChI is InChI=1S/C26H21Cl2NO5S/c1-32-23-14-17(9-10-22(23)34-16-18-5-4-6-19(27)13-18)15-24-25(30)29(26(31)35-24)11-12-33-21-8-3-2-7-20(21)28/h2-10,13-15H,11-12,16H2,1H3/b24-15-. The van der Waals surface area contributed by atoms with Gasteiger partial charge in [0.15, 0.2) is 11.5 Å². The number of para-hydroxylation sites is 1. The number of benzene rings is 3. The Bertz CT molecular complexity index is 1280. The van der Waals surface area contributed by atoms with E-state index in [2.05, 4.69) is 0 Å². The molecule has 1 aliphatic heterocycles. The van der Waals surface area contributed by atoms with E-state index >= 15 is 0 Å². The lowest BCUT2D eigenvalue weighted by Crippen LogP contribution is -2.32. The van der Waals surface area contributed by atoms with Gasteiger partial charge in [-0.15, -0.1) is 0 Å². The van der Waals surface area contributed by atoms with Crippen LogP contribution in [0.15, 0.2) is 71.6 Å². The number of halogens is 2. The Balaban J connectivity index is 1.40. The third kappa shape index (κ3) is 6.31. The number of carbonyl (C=O) groups excluding carboxylic acids is 2. The van der Waals surface area contributed by atoms with Crippen LogP contribution in [0.3, 0.4) is 0 Å². The minimum absolute atomic E-state index is 0.118. The fourth-order valence-electron chi connectivity index (χ4n) is 3.33. The van der Waals surface area contributed by atoms with Crippen molar-refractivity contribution in [3.63, 3.8) is 0 Å². The summed E-state index contributed by atoms with van der Waals surface area (Å²) < 4.78 is 16.9. The van der Waals surface area contributed by atoms with Crippen molar-refractivity contribution >= 4 is 52.2 Å². The highest BCUT2D eigenvalue weighted by molar-refractivity contribution is 8.18. The fraction of sp³-hybridized carbons (Fsp3) is 0.154. The van der Waals surface area contributed by atoms with Gasteiger partial charge < -0.3 is 14.2 Å². The van der Waals surface area contributed by atoms with Crippen molar-refractivity contribution < 1.29 is 23.8 Å². The van der Waals surface area contributed by atoms with Crippen LogP contribution < -0.4 is 14.2 Å². The van der Waals surface area contributed by atoms with E-state index in [1.807, 2.05) is 18.2 Å². The number of imide groups is 1. The normalized spacial score (nSPS) is 14.5. The molecule has 0 radical (unpaired) electrons. The third-order valence-electron chi connectivity index (χ3n) is 5.05. The minimum atomic E-state index is -0.372. The van der Waals surface area contributed by atoms with Crippen molar-refractivity contribution in [2.24, 2.45) is 0 Å². The molecule has 180 valence electrons. The fourth-order valence-corrected chi connectivity index (χ4v) is 4.60. The van der Waals surface area contributed by atoms with Crippen molar-refractivity contribution in [3.05, 3.63) is 92.8 Å². The maximum atomic E-state index is 12.8. The zero-order valence-corrected chi connectivity index (χ0v) is 21.0. The number of nitrogens with zero attached hydrogens (tertiary/aromatic N) is 1. The maximum Gasteiger partial charge on any atom is 0.293 e. The van der Waals surface area contributed by atoms with Crippen LogP contribution in [0.2, 0.25) is 10.0 Å². The van der Waals surface area contributed by atoms with Crippen molar-refractivity contribution in [1.82, 2.24) is 4.90 Å². The van der Waals surface area contributed by atoms with E-state index in [1.165, 1.54) is 7.11 Å². The van der Waals surface area contributed by atoms with Gasteiger partial charge in [0.25, 0.3) is 11.1 Å². The summed E-state index contributed by atoms with van der Waals surface area (Å²) >= 11 is 13.0. The molecule has 0 saturated carbocycles. The van der Waals surface area contributed by atoms with Gasteiger partial charge in [-0.05, 0) is 65.4 Å². The monoisotopic (exact) mass is 529 g/mol. The van der Waals surface area contributed by atoms with Gasteiger partial charge in [0.2, 0.25) is 0 Å². The summed E-state index contributed by atoms with van der Waals surface area (Å²) in [6, 6.07) is 19.7. The zero-order valence-electron chi connectivity index (χ0n) is 18.7. The molecule has 2 amide bonds. The zero-order chi connectivity index (χ0) is 24.8. The van der Waals surface area contributed by atoms with Gasteiger partial charge in [0, 0.05) is 5.02 Å². The molecular weight excluding hydrogens is 509 g/mol. The molecule has 1 aliphatic rings. The Labute approximate surface area is 217 Å². The first kappa shape index (κ1) is 25.0. The van der Waals surface area contributed by atoms with Crippen LogP contribution in [0.4, 0.5) is 4.79 Å². The summed E-state index contributed by atoms with van der Waals surface area (Å²) in [4.78, 5) is 26.7. The predicted octanol–water partition coefficient (Wildman–Crippen LogP) is 6.70. The van der Waals surface area contributed by atoms with E-state index in [9.17, 15) is 9.59 Å². The SMILES string of the molecule is COc1cc(/C=C2\SC(=O)N(CCOc3ccccc3Cl)C2=O)ccc1OCc1cccc(Cl)c1. The molecule has 0 unspecified atom stereocenters. The summed E-state index contributed by atoms with van der Waals surface area (Å²) in [5, 5.41) is 0.755. The van der Waals surface area contributed by atoms with E-state index in [0.29, 0.717) is 44.4 Å². The highest BCUT2D eigenvalue weighted by Crippen LogP contribution is 2.35. The molecule has 9 heteroatoms. The van der Waals surface area contributed by atoms with Gasteiger partial charge in [0.1, 0.15) is 19.0 Å². The smallest absolute Gasteiger partial charge is 0.293 e. The minimum Gasteiger partial charge on any atom is -0.493 e. The molecule has 0 atom stereocenters. The summed E-state index contributed by atoms with van der Waals surface area (Å²) in [6.07, 6.45) is 1.66. The van der Waals surface area contributed by atoms with Crippen LogP contribution in [0.25, 0.3) is 6.08 Å². The van der Waals surface area contributed by atoms with E-state index in [-0.39, 0.29) is 24.3 Å². The molecule has 0 aromatic heterocycles. The number of methoxy groups -OCH3 is 1. The number of carbonyl (C=O) groups is 2. The van der Waals surface area contributed by atoms with Crippen molar-refractivity contribution in [3.8, 4) is 17.2 Å². The quantitative estimate of drug-likeness (QED) is 0.287. The third-order valence-corrected chi connectivity index (χ3v) is 6.51. The van der Waals surface area contributed by atoms with Crippen LogP contribution in [0.1, 0.15) is 11.1 Å². The van der Waals surface area contributed by atoms with Crippen molar-refractivity contribution in [1.29, 1.82) is 0 Å². The molecule has 0 N–H and O–H groups in total. The number of ether oxygens (including phenoxy) is 3. The van der Waals surface area contributed by atoms with E-state index in [4.69, 9.17) is 37.4 Å². The van der Waals surface area contributed by atoms with E-state index < -0.39 is 0 Å². The Morgan fingerprint density at radius 3 is 2.51 bits per heavy atom. The average Bonchev–Trinajstić information content (AvgIpc) is 3.11. The second-order valence-electron chi connectivity index (χ2n) is 7.44. The Hall–Kier alpha value is -3.13. The van der Waals surface area contributed by atoms with Gasteiger partial charge >= 0.3 is 0 Å². The first-order valence-electron chi connectivity index (χ1n) is 10.6. The van der Waals surface area contributed by atoms with Crippen LogP contribution in [0, 0.1) is 0 Å². The molecule has 0 aliphatic carbocycles. The average molecular weight is 530 g/mol. The van der Waals surface area contributed by atoms with E-state index in [1.54, 1.807) is 54.6 Å². The van der Waals surface area contributed by atoms with Gasteiger partial charge in [-0.3, -0.25) is 14.5 Å². The Morgan fingerprint density at radius 2 is 1.74 bits per heavy atom. The highest BCUT2D eigenvalue weighted by Gasteiger charge is 2.34. The molecule has 3 aromatic carbocycles. The summed E-state index contributed by atoms with van der Waals surface area (Å²) in [6.45, 7) is 0.583. The van der Waals surface area contributed by atoms with Gasteiger partial charge in [-0.25, -0.2) is 0 Å². The number of hydrogen-bond donors (Lipinski definition) is 0. The van der Waals surface area contributed by atoms with Crippen LogP contribution in [0.5, 0.6) is 17.2 Å². The second kappa shape index (κ2) is 11.5. The largest absolute Gasteiger partial charge is 0.493 e. The molecule has 35 heavy (non-hydrogen) atoms. The first-order chi connectivity index (χ1) is 16.9. The Kier molecular flexibility index (Phi) is 8.23. The van der Waals surface area contributed by atoms with Crippen LogP contribution in [-0.4, -0.2) is 36.3 Å². The van der Waals surface area contributed by atoms with Crippen molar-refractivity contribution in [2.45, 2.75) is 6.61 Å². The summed E-state index contributed by atoms with van der Waals surface area (Å²) in [7, 11) is 1.54. The topological polar surface area (TPSA) is 65.1 Å². The second-order valence-corrected chi connectivity index (χ2v) is 9.28. The van der Waals surface area contributed by atoms with Gasteiger partial charge in [-0.1, -0.05) is 53.5 Å². The molecule has 3 aromatic rings. The number of amides is 2. The van der Waals surface area contributed by atoms with E-state index in [0.717, 1.165) is 22.2 Å². The molecule has 1 saturated heterocycles. The van der Waals surface area contributed by atoms with Crippen LogP contribution >= 0.6 is 35.0 Å². The molecule has 1 heterocycles. The lowest BCUT2D eigenvalue weighted by molar-refractivity contribution is -0.123. The summed E-state index contributed by atoms with van der Waals surface area (Å²) in [5.41, 5.74) is 1.63. The predicted molar refractivity (Wildman–Crippen MR) is 138 cm³/mol. The van der Waals surface area contributed by atoms with Crippen LogP contribution in [-0.2, 0) is 11.4 Å². The molecule has 0 bridgehead atoms. The van der Waals surface area contributed by atoms with Gasteiger partial charge in [0.05, 0.1) is 23.6 Å². The molecular formula is C26H21Cl2NO5S. The number of hydrogen-bond acceptors (Lipinski definition) is 6. The number of rotatable bonds is 9. The molecule has 0 spiro atoms. The van der Waals surface area contributed by atoms with Gasteiger partial charge in [-0.2, -0.15) is 0 Å². The first-order valence-corrected chi connectivity index (χ1v) is 12.2.